The van der Waals surface area contributed by atoms with Crippen molar-refractivity contribution in [1.82, 2.24) is 0 Å². The van der Waals surface area contributed by atoms with Crippen LogP contribution in [0.5, 0.6) is 5.75 Å². The number of likely N-dealkylation sites (tertiary alicyclic amines) is 1. The molecule has 1 saturated heterocycles. The number of ether oxygens (including phenoxy) is 2. The molecular formula is C22H28ClNO3. The maximum Gasteiger partial charge on any atom is 0.345 e. The SMILES string of the molecule is CC1CC(OC(=O)COc2ccccc2)(c2ccccc2)C(C)C[NH+]1C.[Cl-]. The first-order valence-electron chi connectivity index (χ1n) is 9.29. The third-order valence-corrected chi connectivity index (χ3v) is 5.53. The summed E-state index contributed by atoms with van der Waals surface area (Å²) in [6.45, 7) is 5.27. The van der Waals surface area contributed by atoms with Gasteiger partial charge < -0.3 is 26.8 Å². The van der Waals surface area contributed by atoms with E-state index in [1.807, 2.05) is 48.5 Å². The third kappa shape index (κ3) is 4.82. The van der Waals surface area contributed by atoms with Gasteiger partial charge in [-0.3, -0.25) is 0 Å². The van der Waals surface area contributed by atoms with Crippen LogP contribution in [0, 0.1) is 5.92 Å². The zero-order chi connectivity index (χ0) is 18.6. The Morgan fingerprint density at radius 3 is 2.30 bits per heavy atom. The average Bonchev–Trinajstić information content (AvgIpc) is 2.66. The Balaban J connectivity index is 0.00000261. The van der Waals surface area contributed by atoms with E-state index in [1.54, 1.807) is 0 Å². The van der Waals surface area contributed by atoms with Gasteiger partial charge in [0.25, 0.3) is 0 Å². The third-order valence-electron chi connectivity index (χ3n) is 5.53. The van der Waals surface area contributed by atoms with Crippen molar-refractivity contribution >= 4 is 5.97 Å². The topological polar surface area (TPSA) is 40.0 Å². The summed E-state index contributed by atoms with van der Waals surface area (Å²) >= 11 is 0. The highest BCUT2D eigenvalue weighted by Gasteiger charge is 2.49. The van der Waals surface area contributed by atoms with E-state index in [-0.39, 0.29) is 30.9 Å². The number of nitrogens with one attached hydrogen (secondary N) is 1. The van der Waals surface area contributed by atoms with Crippen LogP contribution in [0.1, 0.15) is 25.8 Å². The number of rotatable bonds is 5. The number of esters is 1. The molecule has 4 atom stereocenters. The number of piperidine rings is 1. The van der Waals surface area contributed by atoms with Crippen molar-refractivity contribution in [2.75, 3.05) is 20.2 Å². The lowest BCUT2D eigenvalue weighted by molar-refractivity contribution is -0.916. The predicted molar refractivity (Wildman–Crippen MR) is 101 cm³/mol. The highest BCUT2D eigenvalue weighted by atomic mass is 35.5. The molecule has 1 aliphatic heterocycles. The van der Waals surface area contributed by atoms with Crippen LogP contribution < -0.4 is 22.0 Å². The average molecular weight is 390 g/mol. The Hall–Kier alpha value is -2.04. The largest absolute Gasteiger partial charge is 1.00 e. The van der Waals surface area contributed by atoms with Gasteiger partial charge in [0, 0.05) is 12.3 Å². The fourth-order valence-electron chi connectivity index (χ4n) is 3.89. The van der Waals surface area contributed by atoms with Gasteiger partial charge in [0.15, 0.2) is 12.2 Å². The van der Waals surface area contributed by atoms with Gasteiger partial charge in [-0.05, 0) is 24.6 Å². The molecule has 0 amide bonds. The van der Waals surface area contributed by atoms with E-state index in [2.05, 4.69) is 33.0 Å². The molecule has 0 saturated carbocycles. The van der Waals surface area contributed by atoms with E-state index >= 15 is 0 Å². The van der Waals surface area contributed by atoms with Crippen molar-refractivity contribution in [2.24, 2.45) is 5.92 Å². The first-order chi connectivity index (χ1) is 12.5. The van der Waals surface area contributed by atoms with Crippen LogP contribution in [0.3, 0.4) is 0 Å². The van der Waals surface area contributed by atoms with Crippen molar-refractivity contribution in [1.29, 1.82) is 0 Å². The zero-order valence-electron chi connectivity index (χ0n) is 16.2. The maximum absolute atomic E-state index is 12.6. The van der Waals surface area contributed by atoms with Gasteiger partial charge in [0.05, 0.1) is 19.6 Å². The summed E-state index contributed by atoms with van der Waals surface area (Å²) in [5.74, 6) is 0.575. The summed E-state index contributed by atoms with van der Waals surface area (Å²) in [5, 5.41) is 0. The lowest BCUT2D eigenvalue weighted by atomic mass is 9.74. The maximum atomic E-state index is 12.6. The molecule has 0 radical (unpaired) electrons. The number of benzene rings is 2. The number of para-hydroxylation sites is 1. The number of halogens is 1. The van der Waals surface area contributed by atoms with Gasteiger partial charge in [0.2, 0.25) is 0 Å². The minimum atomic E-state index is -0.600. The number of hydrogen-bond acceptors (Lipinski definition) is 3. The number of carbonyl (C=O) groups is 1. The van der Waals surface area contributed by atoms with Crippen LogP contribution in [0.2, 0.25) is 0 Å². The number of hydrogen-bond donors (Lipinski definition) is 1. The lowest BCUT2D eigenvalue weighted by Crippen LogP contribution is -3.15. The van der Waals surface area contributed by atoms with Crippen molar-refractivity contribution in [3.63, 3.8) is 0 Å². The van der Waals surface area contributed by atoms with Gasteiger partial charge >= 0.3 is 5.97 Å². The minimum absolute atomic E-state index is 0. The van der Waals surface area contributed by atoms with E-state index in [0.717, 1.165) is 18.5 Å². The van der Waals surface area contributed by atoms with E-state index in [1.165, 1.54) is 4.90 Å². The van der Waals surface area contributed by atoms with E-state index in [9.17, 15) is 4.79 Å². The van der Waals surface area contributed by atoms with Crippen molar-refractivity contribution < 1.29 is 31.6 Å². The van der Waals surface area contributed by atoms with Crippen molar-refractivity contribution in [3.8, 4) is 5.75 Å². The second-order valence-corrected chi connectivity index (χ2v) is 7.39. The molecule has 2 aromatic carbocycles. The standard InChI is InChI=1S/C22H27NO3.ClH/c1-17-15-23(3)18(2)14-22(17,19-10-6-4-7-11-19)26-21(24)16-25-20-12-8-5-9-13-20;/h4-13,17-18H,14-16H2,1-3H3;1H. The first kappa shape index (κ1) is 21.3. The molecule has 5 heteroatoms. The fraction of sp³-hybridized carbons (Fsp3) is 0.409. The molecule has 1 aliphatic rings. The van der Waals surface area contributed by atoms with Crippen LogP contribution in [0.15, 0.2) is 60.7 Å². The molecule has 2 aromatic rings. The van der Waals surface area contributed by atoms with E-state index in [0.29, 0.717) is 11.8 Å². The quantitative estimate of drug-likeness (QED) is 0.698. The first-order valence-corrected chi connectivity index (χ1v) is 9.29. The van der Waals surface area contributed by atoms with Gasteiger partial charge in [0.1, 0.15) is 5.75 Å². The molecule has 3 rings (SSSR count). The number of quaternary nitrogens is 1. The van der Waals surface area contributed by atoms with Gasteiger partial charge in [-0.2, -0.15) is 0 Å². The van der Waals surface area contributed by atoms with E-state index in [4.69, 9.17) is 9.47 Å². The Morgan fingerprint density at radius 1 is 1.07 bits per heavy atom. The van der Waals surface area contributed by atoms with Crippen molar-refractivity contribution in [2.45, 2.75) is 31.9 Å². The van der Waals surface area contributed by atoms with Crippen LogP contribution in [0.4, 0.5) is 0 Å². The van der Waals surface area contributed by atoms with Crippen LogP contribution in [-0.4, -0.2) is 32.2 Å². The summed E-state index contributed by atoms with van der Waals surface area (Å²) in [4.78, 5) is 14.1. The molecule has 27 heavy (non-hydrogen) atoms. The molecule has 0 aromatic heterocycles. The molecule has 1 heterocycles. The Morgan fingerprint density at radius 2 is 1.67 bits per heavy atom. The smallest absolute Gasteiger partial charge is 0.345 e. The molecule has 1 fully saturated rings. The monoisotopic (exact) mass is 389 g/mol. The fourth-order valence-corrected chi connectivity index (χ4v) is 3.89. The highest BCUT2D eigenvalue weighted by Crippen LogP contribution is 2.39. The van der Waals surface area contributed by atoms with Crippen LogP contribution >= 0.6 is 0 Å². The molecule has 4 nitrogen and oxygen atoms in total. The molecule has 0 aliphatic carbocycles. The summed E-state index contributed by atoms with van der Waals surface area (Å²) in [6, 6.07) is 19.9. The van der Waals surface area contributed by atoms with Crippen LogP contribution in [-0.2, 0) is 15.1 Å². The molecule has 4 unspecified atom stereocenters. The van der Waals surface area contributed by atoms with Gasteiger partial charge in [-0.15, -0.1) is 0 Å². The summed E-state index contributed by atoms with van der Waals surface area (Å²) in [7, 11) is 2.20. The Bertz CT molecular complexity index is 725. The molecule has 0 spiro atoms. The normalized spacial score (nSPS) is 27.3. The summed E-state index contributed by atoms with van der Waals surface area (Å²) in [5.41, 5.74) is 0.469. The molecule has 146 valence electrons. The Kier molecular flexibility index (Phi) is 7.28. The summed E-state index contributed by atoms with van der Waals surface area (Å²) in [6.07, 6.45) is 0.807. The lowest BCUT2D eigenvalue weighted by Gasteiger charge is -2.46. The molecule has 1 N–H and O–H groups in total. The molecular weight excluding hydrogens is 362 g/mol. The Labute approximate surface area is 167 Å². The second kappa shape index (κ2) is 9.25. The van der Waals surface area contributed by atoms with Crippen molar-refractivity contribution in [3.05, 3.63) is 66.2 Å². The molecule has 0 bridgehead atoms. The minimum Gasteiger partial charge on any atom is -1.00 e. The highest BCUT2D eigenvalue weighted by molar-refractivity contribution is 5.72. The van der Waals surface area contributed by atoms with Gasteiger partial charge in [-0.25, -0.2) is 4.79 Å². The van der Waals surface area contributed by atoms with E-state index < -0.39 is 5.60 Å². The predicted octanol–water partition coefficient (Wildman–Crippen LogP) is -0.549. The van der Waals surface area contributed by atoms with Crippen LogP contribution in [0.25, 0.3) is 0 Å². The number of carbonyl (C=O) groups excluding carboxylic acids is 1. The second-order valence-electron chi connectivity index (χ2n) is 7.39. The summed E-state index contributed by atoms with van der Waals surface area (Å²) < 4.78 is 11.7. The van der Waals surface area contributed by atoms with Gasteiger partial charge in [-0.1, -0.05) is 55.5 Å². The zero-order valence-corrected chi connectivity index (χ0v) is 16.9.